The minimum Gasteiger partial charge on any atom is -0.496 e. The van der Waals surface area contributed by atoms with E-state index in [0.29, 0.717) is 31.9 Å². The molecule has 1 atom stereocenters. The van der Waals surface area contributed by atoms with Gasteiger partial charge in [0.05, 0.1) is 30.8 Å². The van der Waals surface area contributed by atoms with Gasteiger partial charge < -0.3 is 14.4 Å². The summed E-state index contributed by atoms with van der Waals surface area (Å²) in [6.07, 6.45) is 1.87. The van der Waals surface area contributed by atoms with E-state index in [9.17, 15) is 13.2 Å². The van der Waals surface area contributed by atoms with Gasteiger partial charge in [-0.15, -0.1) is 11.8 Å². The first-order valence-electron chi connectivity index (χ1n) is 11.3. The lowest BCUT2D eigenvalue weighted by molar-refractivity contribution is 0.0300. The van der Waals surface area contributed by atoms with E-state index in [0.717, 1.165) is 27.3 Å². The van der Waals surface area contributed by atoms with Crippen molar-refractivity contribution in [2.24, 2.45) is 0 Å². The zero-order valence-electron chi connectivity index (χ0n) is 20.7. The van der Waals surface area contributed by atoms with Crippen LogP contribution >= 0.6 is 11.8 Å². The molecule has 9 heteroatoms. The summed E-state index contributed by atoms with van der Waals surface area (Å²) >= 11 is 1.42. The number of aryl methyl sites for hydroxylation is 1. The number of hydrogen-bond donors (Lipinski definition) is 1. The van der Waals surface area contributed by atoms with Crippen LogP contribution < -0.4 is 9.46 Å². The highest BCUT2D eigenvalue weighted by Gasteiger charge is 2.26. The quantitative estimate of drug-likeness (QED) is 0.536. The number of hydrogen-bond acceptors (Lipinski definition) is 6. The van der Waals surface area contributed by atoms with Gasteiger partial charge in [0.25, 0.3) is 5.91 Å². The predicted molar refractivity (Wildman–Crippen MR) is 136 cm³/mol. The van der Waals surface area contributed by atoms with E-state index in [4.69, 9.17) is 9.47 Å². The highest BCUT2D eigenvalue weighted by Crippen LogP contribution is 2.33. The summed E-state index contributed by atoms with van der Waals surface area (Å²) in [7, 11) is -2.23. The molecule has 1 amide bonds. The van der Waals surface area contributed by atoms with E-state index < -0.39 is 16.1 Å². The van der Waals surface area contributed by atoms with Crippen LogP contribution in [-0.2, 0) is 14.8 Å². The van der Waals surface area contributed by atoms with Gasteiger partial charge in [-0.25, -0.2) is 13.1 Å². The maximum Gasteiger partial charge on any atom is 0.255 e. The molecule has 2 aromatic carbocycles. The molecular weight excluding hydrogens is 472 g/mol. The molecule has 0 unspecified atom stereocenters. The van der Waals surface area contributed by atoms with Crippen LogP contribution in [0.2, 0.25) is 0 Å². The van der Waals surface area contributed by atoms with Crippen molar-refractivity contribution < 1.29 is 22.7 Å². The van der Waals surface area contributed by atoms with Gasteiger partial charge in [-0.3, -0.25) is 4.79 Å². The van der Waals surface area contributed by atoms with E-state index in [-0.39, 0.29) is 16.7 Å². The molecule has 3 rings (SSSR count). The van der Waals surface area contributed by atoms with Gasteiger partial charge in [-0.1, -0.05) is 13.8 Å². The monoisotopic (exact) mass is 506 g/mol. The van der Waals surface area contributed by atoms with E-state index in [1.54, 1.807) is 24.1 Å². The van der Waals surface area contributed by atoms with Crippen molar-refractivity contribution >= 4 is 27.7 Å². The van der Waals surface area contributed by atoms with E-state index in [1.165, 1.54) is 17.8 Å². The van der Waals surface area contributed by atoms with Crippen LogP contribution in [0.5, 0.6) is 5.75 Å². The molecule has 0 aromatic heterocycles. The molecule has 1 aliphatic rings. The fraction of sp³-hybridized carbons (Fsp3) is 0.480. The lowest BCUT2D eigenvalue weighted by Crippen LogP contribution is -2.41. The standard InChI is InChI=1S/C25H34N2O5S2/c1-16(2)20-15-21(17(3)13-23(20)31-5)18(4)26-34(29,30)19-7-8-24(33-6)22(14-19)25(28)27-9-11-32-12-10-27/h7-8,13-16,18,26H,9-12H2,1-6H3/t18-/m1/s1. The average molecular weight is 507 g/mol. The van der Waals surface area contributed by atoms with Crippen molar-refractivity contribution in [3.8, 4) is 5.75 Å². The van der Waals surface area contributed by atoms with Crippen molar-refractivity contribution in [2.75, 3.05) is 39.7 Å². The van der Waals surface area contributed by atoms with E-state index >= 15 is 0 Å². The number of nitrogens with one attached hydrogen (secondary N) is 1. The number of ether oxygens (including phenoxy) is 2. The summed E-state index contributed by atoms with van der Waals surface area (Å²) in [5.74, 6) is 0.849. The van der Waals surface area contributed by atoms with Gasteiger partial charge in [-0.2, -0.15) is 0 Å². The zero-order valence-corrected chi connectivity index (χ0v) is 22.3. The summed E-state index contributed by atoms with van der Waals surface area (Å²) in [6.45, 7) is 9.87. The number of thioether (sulfide) groups is 1. The molecule has 1 saturated heterocycles. The van der Waals surface area contributed by atoms with Crippen LogP contribution in [-0.4, -0.2) is 58.9 Å². The first-order valence-corrected chi connectivity index (χ1v) is 14.1. The number of sulfonamides is 1. The Labute approximate surface area is 207 Å². The number of amides is 1. The third-order valence-corrected chi connectivity index (χ3v) is 8.38. The summed E-state index contributed by atoms with van der Waals surface area (Å²) in [5.41, 5.74) is 3.25. The fourth-order valence-corrected chi connectivity index (χ4v) is 5.95. The minimum absolute atomic E-state index is 0.0732. The van der Waals surface area contributed by atoms with Crippen LogP contribution in [0.4, 0.5) is 0 Å². The number of carbonyl (C=O) groups excluding carboxylic acids is 1. The number of methoxy groups -OCH3 is 1. The molecule has 1 N–H and O–H groups in total. The number of rotatable bonds is 8. The van der Waals surface area contributed by atoms with Gasteiger partial charge in [0, 0.05) is 24.0 Å². The highest BCUT2D eigenvalue weighted by atomic mass is 32.2. The molecule has 7 nitrogen and oxygen atoms in total. The third-order valence-electron chi connectivity index (χ3n) is 6.05. The second-order valence-electron chi connectivity index (χ2n) is 8.72. The lowest BCUT2D eigenvalue weighted by atomic mass is 9.94. The molecule has 1 fully saturated rings. The molecule has 1 heterocycles. The first-order chi connectivity index (χ1) is 16.1. The highest BCUT2D eigenvalue weighted by molar-refractivity contribution is 7.98. The zero-order chi connectivity index (χ0) is 25.0. The fourth-order valence-electron chi connectivity index (χ4n) is 4.13. The molecule has 2 aromatic rings. The van der Waals surface area contributed by atoms with Crippen molar-refractivity contribution in [2.45, 2.75) is 49.4 Å². The van der Waals surface area contributed by atoms with Crippen LogP contribution in [0.3, 0.4) is 0 Å². The van der Waals surface area contributed by atoms with Crippen LogP contribution in [0, 0.1) is 6.92 Å². The Morgan fingerprint density at radius 3 is 2.38 bits per heavy atom. The molecule has 34 heavy (non-hydrogen) atoms. The minimum atomic E-state index is -3.87. The Morgan fingerprint density at radius 2 is 1.79 bits per heavy atom. The molecule has 0 aliphatic carbocycles. The summed E-state index contributed by atoms with van der Waals surface area (Å²) in [5, 5.41) is 0. The topological polar surface area (TPSA) is 84.9 Å². The van der Waals surface area contributed by atoms with Crippen LogP contribution in [0.15, 0.2) is 40.1 Å². The van der Waals surface area contributed by atoms with Gasteiger partial charge in [-0.05, 0) is 73.0 Å². The van der Waals surface area contributed by atoms with Gasteiger partial charge in [0.1, 0.15) is 5.75 Å². The molecule has 0 bridgehead atoms. The third kappa shape index (κ3) is 5.76. The molecular formula is C25H34N2O5S2. The summed E-state index contributed by atoms with van der Waals surface area (Å²) < 4.78 is 40.3. The van der Waals surface area contributed by atoms with E-state index in [1.807, 2.05) is 32.2 Å². The van der Waals surface area contributed by atoms with Crippen LogP contribution in [0.1, 0.15) is 59.8 Å². The Morgan fingerprint density at radius 1 is 1.12 bits per heavy atom. The summed E-state index contributed by atoms with van der Waals surface area (Å²) in [6, 6.07) is 8.23. The molecule has 0 spiro atoms. The second kappa shape index (κ2) is 11.1. The number of morpholine rings is 1. The van der Waals surface area contributed by atoms with E-state index in [2.05, 4.69) is 18.6 Å². The lowest BCUT2D eigenvalue weighted by Gasteiger charge is -2.27. The van der Waals surface area contributed by atoms with Crippen molar-refractivity contribution in [1.82, 2.24) is 9.62 Å². The van der Waals surface area contributed by atoms with Crippen molar-refractivity contribution in [3.63, 3.8) is 0 Å². The normalized spacial score (nSPS) is 15.4. The Balaban J connectivity index is 1.92. The Kier molecular flexibility index (Phi) is 8.67. The van der Waals surface area contributed by atoms with Gasteiger partial charge in [0.15, 0.2) is 0 Å². The second-order valence-corrected chi connectivity index (χ2v) is 11.3. The smallest absolute Gasteiger partial charge is 0.255 e. The number of carbonyl (C=O) groups is 1. The average Bonchev–Trinajstić information content (AvgIpc) is 2.82. The maximum absolute atomic E-state index is 13.3. The number of benzene rings is 2. The Hall–Kier alpha value is -2.07. The molecule has 186 valence electrons. The largest absolute Gasteiger partial charge is 0.496 e. The summed E-state index contributed by atoms with van der Waals surface area (Å²) in [4.78, 5) is 15.7. The van der Waals surface area contributed by atoms with Crippen molar-refractivity contribution in [1.29, 1.82) is 0 Å². The van der Waals surface area contributed by atoms with Gasteiger partial charge >= 0.3 is 0 Å². The van der Waals surface area contributed by atoms with Crippen LogP contribution in [0.25, 0.3) is 0 Å². The first kappa shape index (κ1) is 26.5. The number of nitrogens with zero attached hydrogens (tertiary/aromatic N) is 1. The van der Waals surface area contributed by atoms with Crippen molar-refractivity contribution in [3.05, 3.63) is 52.6 Å². The molecule has 1 aliphatic heterocycles. The molecule has 0 radical (unpaired) electrons. The maximum atomic E-state index is 13.3. The molecule has 0 saturated carbocycles. The SMILES string of the molecule is COc1cc(C)c([C@@H](C)NS(=O)(=O)c2ccc(SC)c(C(=O)N3CCOCC3)c2)cc1C(C)C. The van der Waals surface area contributed by atoms with Gasteiger partial charge in [0.2, 0.25) is 10.0 Å². The Bertz CT molecular complexity index is 1140. The predicted octanol–water partition coefficient (Wildman–Crippen LogP) is 4.36.